The lowest BCUT2D eigenvalue weighted by Gasteiger charge is -2.05. The van der Waals surface area contributed by atoms with Gasteiger partial charge in [-0.25, -0.2) is 4.39 Å². The van der Waals surface area contributed by atoms with Crippen molar-refractivity contribution in [3.8, 4) is 0 Å². The van der Waals surface area contributed by atoms with E-state index in [4.69, 9.17) is 0 Å². The summed E-state index contributed by atoms with van der Waals surface area (Å²) < 4.78 is 15.5. The maximum atomic E-state index is 13.8. The Morgan fingerprint density at radius 3 is 2.88 bits per heavy atom. The van der Waals surface area contributed by atoms with E-state index in [0.29, 0.717) is 16.6 Å². The minimum atomic E-state index is -0.231. The Labute approximate surface area is 103 Å². The van der Waals surface area contributed by atoms with Gasteiger partial charge in [-0.05, 0) is 36.5 Å². The number of hydrogen-bond donors (Lipinski definition) is 1. The molecule has 0 unspecified atom stereocenters. The van der Waals surface area contributed by atoms with Crippen LogP contribution in [0.1, 0.15) is 5.56 Å². The van der Waals surface area contributed by atoms with E-state index in [9.17, 15) is 4.39 Å². The first-order chi connectivity index (χ1) is 8.20. The summed E-state index contributed by atoms with van der Waals surface area (Å²) in [5, 5.41) is 11.3. The fraction of sp³-hybridized carbons (Fsp3) is 0.273. The molecule has 0 saturated heterocycles. The van der Waals surface area contributed by atoms with E-state index in [2.05, 4.69) is 15.5 Å². The van der Waals surface area contributed by atoms with Crippen LogP contribution in [0.2, 0.25) is 0 Å². The van der Waals surface area contributed by atoms with Gasteiger partial charge in [0.05, 0.1) is 4.90 Å². The molecule has 0 aliphatic heterocycles. The average Bonchev–Trinajstić information content (AvgIpc) is 2.69. The summed E-state index contributed by atoms with van der Waals surface area (Å²) in [6.45, 7) is 0.659. The van der Waals surface area contributed by atoms with Crippen LogP contribution in [0.5, 0.6) is 0 Å². The highest BCUT2D eigenvalue weighted by Crippen LogP contribution is 2.28. The molecule has 0 aliphatic rings. The summed E-state index contributed by atoms with van der Waals surface area (Å²) in [4.78, 5) is 0.556. The number of nitrogens with zero attached hydrogens (tertiary/aromatic N) is 3. The van der Waals surface area contributed by atoms with Crippen molar-refractivity contribution in [1.29, 1.82) is 0 Å². The lowest BCUT2D eigenvalue weighted by Crippen LogP contribution is -2.05. The van der Waals surface area contributed by atoms with Gasteiger partial charge in [0, 0.05) is 13.6 Å². The molecule has 1 aromatic carbocycles. The number of benzene rings is 1. The van der Waals surface area contributed by atoms with Crippen LogP contribution in [0.3, 0.4) is 0 Å². The molecule has 0 atom stereocenters. The topological polar surface area (TPSA) is 42.7 Å². The Morgan fingerprint density at radius 2 is 2.29 bits per heavy atom. The summed E-state index contributed by atoms with van der Waals surface area (Å²) in [5.74, 6) is -0.231. The highest BCUT2D eigenvalue weighted by atomic mass is 32.2. The Morgan fingerprint density at radius 1 is 1.47 bits per heavy atom. The lowest BCUT2D eigenvalue weighted by atomic mass is 10.2. The zero-order valence-corrected chi connectivity index (χ0v) is 10.5. The van der Waals surface area contributed by atoms with Crippen LogP contribution < -0.4 is 5.32 Å². The number of nitrogens with one attached hydrogen (secondary N) is 1. The van der Waals surface area contributed by atoms with Crippen molar-refractivity contribution in [2.24, 2.45) is 7.05 Å². The van der Waals surface area contributed by atoms with Gasteiger partial charge in [-0.2, -0.15) is 0 Å². The van der Waals surface area contributed by atoms with Gasteiger partial charge in [-0.3, -0.25) is 0 Å². The SMILES string of the molecule is CNCc1ccc(Sc2nncn2C)c(F)c1. The summed E-state index contributed by atoms with van der Waals surface area (Å²) >= 11 is 1.27. The lowest BCUT2D eigenvalue weighted by molar-refractivity contribution is 0.597. The van der Waals surface area contributed by atoms with Gasteiger partial charge in [-0.15, -0.1) is 10.2 Å². The first-order valence-electron chi connectivity index (χ1n) is 5.15. The molecular formula is C11H13FN4S. The molecule has 0 radical (unpaired) electrons. The average molecular weight is 252 g/mol. The predicted molar refractivity (Wildman–Crippen MR) is 64.3 cm³/mol. The third kappa shape index (κ3) is 2.83. The van der Waals surface area contributed by atoms with Gasteiger partial charge in [-0.1, -0.05) is 6.07 Å². The van der Waals surface area contributed by atoms with Crippen molar-refractivity contribution in [2.75, 3.05) is 7.05 Å². The number of aryl methyl sites for hydroxylation is 1. The van der Waals surface area contributed by atoms with Crippen LogP contribution in [-0.2, 0) is 13.6 Å². The van der Waals surface area contributed by atoms with Crippen molar-refractivity contribution in [3.05, 3.63) is 35.9 Å². The maximum absolute atomic E-state index is 13.8. The van der Waals surface area contributed by atoms with Gasteiger partial charge in [0.2, 0.25) is 0 Å². The minimum Gasteiger partial charge on any atom is -0.316 e. The predicted octanol–water partition coefficient (Wildman–Crippen LogP) is 1.82. The molecule has 0 aliphatic carbocycles. The molecule has 2 aromatic rings. The molecule has 0 amide bonds. The standard InChI is InChI=1S/C11H13FN4S/c1-13-6-8-3-4-10(9(12)5-8)17-11-15-14-7-16(11)2/h3-5,7,13H,6H2,1-2H3. The van der Waals surface area contributed by atoms with Gasteiger partial charge in [0.25, 0.3) is 0 Å². The molecule has 2 rings (SSSR count). The third-order valence-corrected chi connectivity index (χ3v) is 3.35. The third-order valence-electron chi connectivity index (χ3n) is 2.25. The molecular weight excluding hydrogens is 239 g/mol. The van der Waals surface area contributed by atoms with Crippen molar-refractivity contribution in [3.63, 3.8) is 0 Å². The Bertz CT molecular complexity index is 512. The molecule has 0 fully saturated rings. The zero-order valence-electron chi connectivity index (χ0n) is 9.64. The van der Waals surface area contributed by atoms with Crippen LogP contribution in [0.15, 0.2) is 34.6 Å². The number of rotatable bonds is 4. The minimum absolute atomic E-state index is 0.231. The summed E-state index contributed by atoms with van der Waals surface area (Å²) in [6.07, 6.45) is 1.59. The Kier molecular flexibility index (Phi) is 3.75. The summed E-state index contributed by atoms with van der Waals surface area (Å²) in [5.41, 5.74) is 0.923. The molecule has 4 nitrogen and oxygen atoms in total. The van der Waals surface area contributed by atoms with E-state index in [1.54, 1.807) is 17.0 Å². The van der Waals surface area contributed by atoms with E-state index in [1.165, 1.54) is 17.8 Å². The fourth-order valence-electron chi connectivity index (χ4n) is 1.40. The highest BCUT2D eigenvalue weighted by molar-refractivity contribution is 7.99. The van der Waals surface area contributed by atoms with E-state index in [0.717, 1.165) is 5.56 Å². The second-order valence-electron chi connectivity index (χ2n) is 3.62. The van der Waals surface area contributed by atoms with Gasteiger partial charge >= 0.3 is 0 Å². The second-order valence-corrected chi connectivity index (χ2v) is 4.63. The molecule has 17 heavy (non-hydrogen) atoms. The molecule has 6 heteroatoms. The van der Waals surface area contributed by atoms with Crippen molar-refractivity contribution in [1.82, 2.24) is 20.1 Å². The van der Waals surface area contributed by atoms with Gasteiger partial charge in [0.15, 0.2) is 5.16 Å². The highest BCUT2D eigenvalue weighted by Gasteiger charge is 2.08. The summed E-state index contributed by atoms with van der Waals surface area (Å²) in [7, 11) is 3.66. The van der Waals surface area contributed by atoms with E-state index >= 15 is 0 Å². The van der Waals surface area contributed by atoms with Crippen LogP contribution >= 0.6 is 11.8 Å². The first kappa shape index (κ1) is 12.1. The monoisotopic (exact) mass is 252 g/mol. The quantitative estimate of drug-likeness (QED) is 0.901. The van der Waals surface area contributed by atoms with Gasteiger partial charge < -0.3 is 9.88 Å². The van der Waals surface area contributed by atoms with Crippen LogP contribution in [-0.4, -0.2) is 21.8 Å². The fourth-order valence-corrected chi connectivity index (χ4v) is 2.17. The second kappa shape index (κ2) is 5.29. The number of hydrogen-bond acceptors (Lipinski definition) is 4. The van der Waals surface area contributed by atoms with Crippen LogP contribution in [0.25, 0.3) is 0 Å². The molecule has 1 aromatic heterocycles. The largest absolute Gasteiger partial charge is 0.316 e. The summed E-state index contributed by atoms with van der Waals surface area (Å²) in [6, 6.07) is 5.20. The van der Waals surface area contributed by atoms with Gasteiger partial charge in [0.1, 0.15) is 12.1 Å². The normalized spacial score (nSPS) is 10.8. The maximum Gasteiger partial charge on any atom is 0.195 e. The number of aromatic nitrogens is 3. The smallest absolute Gasteiger partial charge is 0.195 e. The van der Waals surface area contributed by atoms with Crippen molar-refractivity contribution < 1.29 is 4.39 Å². The van der Waals surface area contributed by atoms with Crippen molar-refractivity contribution in [2.45, 2.75) is 16.6 Å². The molecule has 1 heterocycles. The Hall–Kier alpha value is -1.40. The molecule has 1 N–H and O–H groups in total. The molecule has 0 bridgehead atoms. The van der Waals surface area contributed by atoms with Crippen LogP contribution in [0, 0.1) is 5.82 Å². The first-order valence-corrected chi connectivity index (χ1v) is 5.97. The van der Waals surface area contributed by atoms with Crippen LogP contribution in [0.4, 0.5) is 4.39 Å². The van der Waals surface area contributed by atoms with E-state index in [1.807, 2.05) is 20.2 Å². The number of halogens is 1. The molecule has 0 spiro atoms. The molecule has 90 valence electrons. The van der Waals surface area contributed by atoms with Crippen molar-refractivity contribution >= 4 is 11.8 Å². The Balaban J connectivity index is 2.19. The van der Waals surface area contributed by atoms with E-state index < -0.39 is 0 Å². The molecule has 0 saturated carbocycles. The van der Waals surface area contributed by atoms with E-state index in [-0.39, 0.29) is 5.82 Å². The zero-order chi connectivity index (χ0) is 12.3.